The van der Waals surface area contributed by atoms with E-state index in [1.807, 2.05) is 6.07 Å². The molecular formula is C13H12ClN3O2S. The van der Waals surface area contributed by atoms with Gasteiger partial charge in [0, 0.05) is 6.54 Å². The Morgan fingerprint density at radius 2 is 2.20 bits per heavy atom. The number of ether oxygens (including phenoxy) is 1. The number of benzene rings is 1. The van der Waals surface area contributed by atoms with E-state index < -0.39 is 6.10 Å². The molecule has 2 N–H and O–H groups in total. The Labute approximate surface area is 125 Å². The van der Waals surface area contributed by atoms with Gasteiger partial charge in [0.25, 0.3) is 0 Å². The molecule has 0 radical (unpaired) electrons. The average Bonchev–Trinajstić information content (AvgIpc) is 2.85. The number of hydrogen-bond acceptors (Lipinski definition) is 6. The van der Waals surface area contributed by atoms with Crippen LogP contribution >= 0.6 is 23.1 Å². The first-order chi connectivity index (χ1) is 9.65. The molecule has 20 heavy (non-hydrogen) atoms. The zero-order chi connectivity index (χ0) is 14.5. The van der Waals surface area contributed by atoms with Gasteiger partial charge in [-0.15, -0.1) is 0 Å². The van der Waals surface area contributed by atoms with Gasteiger partial charge in [-0.1, -0.05) is 23.7 Å². The van der Waals surface area contributed by atoms with E-state index in [9.17, 15) is 5.11 Å². The van der Waals surface area contributed by atoms with Crippen molar-refractivity contribution in [3.05, 3.63) is 40.5 Å². The second-order valence-electron chi connectivity index (χ2n) is 3.96. The zero-order valence-electron chi connectivity index (χ0n) is 10.6. The molecule has 0 amide bonds. The fourth-order valence-electron chi connectivity index (χ4n) is 1.62. The standard InChI is InChI=1S/C13H12ClN3O2S/c1-19-9-4-2-8(3-5-9)11(18)7-16-13-10(6-15)12(14)17-20-13/h2-5,11,16,18H,7H2,1H3/t11-/m0/s1. The van der Waals surface area contributed by atoms with Crippen LogP contribution in [0.1, 0.15) is 17.2 Å². The zero-order valence-corrected chi connectivity index (χ0v) is 12.2. The minimum absolute atomic E-state index is 0.180. The van der Waals surface area contributed by atoms with Gasteiger partial charge in [-0.3, -0.25) is 0 Å². The molecule has 0 saturated heterocycles. The highest BCUT2D eigenvalue weighted by Crippen LogP contribution is 2.28. The Balaban J connectivity index is 2.01. The smallest absolute Gasteiger partial charge is 0.162 e. The number of nitrogens with zero attached hydrogens (tertiary/aromatic N) is 2. The number of nitrogens with one attached hydrogen (secondary N) is 1. The highest BCUT2D eigenvalue weighted by Gasteiger charge is 2.13. The summed E-state index contributed by atoms with van der Waals surface area (Å²) in [4.78, 5) is 0. The Bertz CT molecular complexity index is 622. The fraction of sp³-hybridized carbons (Fsp3) is 0.231. The third-order valence-electron chi connectivity index (χ3n) is 2.72. The van der Waals surface area contributed by atoms with Crippen molar-refractivity contribution < 1.29 is 9.84 Å². The summed E-state index contributed by atoms with van der Waals surface area (Å²) in [5.74, 6) is 0.731. The number of aromatic nitrogens is 1. The predicted octanol–water partition coefficient (Wildman–Crippen LogP) is 2.82. The Hall–Kier alpha value is -1.81. The van der Waals surface area contributed by atoms with E-state index in [-0.39, 0.29) is 11.7 Å². The third-order valence-corrected chi connectivity index (χ3v) is 3.90. The first-order valence-electron chi connectivity index (χ1n) is 5.77. The van der Waals surface area contributed by atoms with Gasteiger partial charge in [0.1, 0.15) is 22.4 Å². The van der Waals surface area contributed by atoms with Gasteiger partial charge in [-0.25, -0.2) is 0 Å². The lowest BCUT2D eigenvalue weighted by atomic mass is 10.1. The van der Waals surface area contributed by atoms with Crippen molar-refractivity contribution in [3.63, 3.8) is 0 Å². The minimum atomic E-state index is -0.701. The SMILES string of the molecule is COc1ccc([C@@H](O)CNc2snc(Cl)c2C#N)cc1. The van der Waals surface area contributed by atoms with Crippen LogP contribution < -0.4 is 10.1 Å². The lowest BCUT2D eigenvalue weighted by Gasteiger charge is -2.12. The number of hydrogen-bond donors (Lipinski definition) is 2. The summed E-state index contributed by atoms with van der Waals surface area (Å²) >= 11 is 6.87. The summed E-state index contributed by atoms with van der Waals surface area (Å²) in [6, 6.07) is 9.11. The van der Waals surface area contributed by atoms with Crippen molar-refractivity contribution in [2.24, 2.45) is 0 Å². The van der Waals surface area contributed by atoms with Crippen molar-refractivity contribution in [1.82, 2.24) is 4.37 Å². The van der Waals surface area contributed by atoms with E-state index in [4.69, 9.17) is 21.6 Å². The van der Waals surface area contributed by atoms with Crippen molar-refractivity contribution in [3.8, 4) is 11.8 Å². The lowest BCUT2D eigenvalue weighted by molar-refractivity contribution is 0.191. The molecule has 2 rings (SSSR count). The van der Waals surface area contributed by atoms with Crippen LogP contribution in [0.2, 0.25) is 5.15 Å². The van der Waals surface area contributed by atoms with Crippen LogP contribution in [-0.4, -0.2) is 23.1 Å². The molecule has 1 heterocycles. The number of methoxy groups -OCH3 is 1. The normalized spacial score (nSPS) is 11.7. The molecule has 1 aromatic carbocycles. The van der Waals surface area contributed by atoms with Gasteiger partial charge in [0.2, 0.25) is 0 Å². The molecular weight excluding hydrogens is 298 g/mol. The van der Waals surface area contributed by atoms with Crippen LogP contribution in [0.3, 0.4) is 0 Å². The van der Waals surface area contributed by atoms with Crippen molar-refractivity contribution >= 4 is 28.1 Å². The van der Waals surface area contributed by atoms with E-state index >= 15 is 0 Å². The average molecular weight is 310 g/mol. The summed E-state index contributed by atoms with van der Waals surface area (Å²) in [5.41, 5.74) is 1.06. The molecule has 1 atom stereocenters. The highest BCUT2D eigenvalue weighted by molar-refractivity contribution is 7.10. The molecule has 5 nitrogen and oxygen atoms in total. The molecule has 1 aromatic heterocycles. The van der Waals surface area contributed by atoms with Crippen molar-refractivity contribution in [2.45, 2.75) is 6.10 Å². The largest absolute Gasteiger partial charge is 0.497 e. The lowest BCUT2D eigenvalue weighted by Crippen LogP contribution is -2.11. The van der Waals surface area contributed by atoms with Crippen LogP contribution in [0.4, 0.5) is 5.00 Å². The van der Waals surface area contributed by atoms with Gasteiger partial charge in [0.05, 0.1) is 13.2 Å². The summed E-state index contributed by atoms with van der Waals surface area (Å²) in [6.07, 6.45) is -0.701. The molecule has 0 aliphatic carbocycles. The molecule has 0 unspecified atom stereocenters. The maximum absolute atomic E-state index is 10.1. The number of halogens is 1. The van der Waals surface area contributed by atoms with E-state index in [1.165, 1.54) is 0 Å². The number of nitriles is 1. The number of anilines is 1. The van der Waals surface area contributed by atoms with Gasteiger partial charge in [-0.05, 0) is 29.2 Å². The minimum Gasteiger partial charge on any atom is -0.497 e. The maximum Gasteiger partial charge on any atom is 0.162 e. The second kappa shape index (κ2) is 6.57. The summed E-state index contributed by atoms with van der Waals surface area (Å²) in [5, 5.41) is 22.7. The summed E-state index contributed by atoms with van der Waals surface area (Å²) in [7, 11) is 1.59. The molecule has 0 aliphatic heterocycles. The van der Waals surface area contributed by atoms with Crippen LogP contribution in [0.15, 0.2) is 24.3 Å². The quantitative estimate of drug-likeness (QED) is 0.888. The molecule has 0 spiro atoms. The van der Waals surface area contributed by atoms with E-state index in [0.717, 1.165) is 22.8 Å². The summed E-state index contributed by atoms with van der Waals surface area (Å²) < 4.78 is 8.94. The van der Waals surface area contributed by atoms with E-state index in [1.54, 1.807) is 31.4 Å². The molecule has 0 fully saturated rings. The van der Waals surface area contributed by atoms with Crippen LogP contribution in [0.5, 0.6) is 5.75 Å². The van der Waals surface area contributed by atoms with Gasteiger partial charge in [0.15, 0.2) is 5.15 Å². The second-order valence-corrected chi connectivity index (χ2v) is 5.09. The first kappa shape index (κ1) is 14.6. The third kappa shape index (κ3) is 3.20. The van der Waals surface area contributed by atoms with Gasteiger partial charge >= 0.3 is 0 Å². The van der Waals surface area contributed by atoms with E-state index in [2.05, 4.69) is 9.69 Å². The monoisotopic (exact) mass is 309 g/mol. The van der Waals surface area contributed by atoms with Crippen LogP contribution in [0, 0.1) is 11.3 Å². The maximum atomic E-state index is 10.1. The fourth-order valence-corrected chi connectivity index (χ4v) is 2.56. The van der Waals surface area contributed by atoms with Crippen molar-refractivity contribution in [2.75, 3.05) is 19.0 Å². The molecule has 7 heteroatoms. The van der Waals surface area contributed by atoms with Gasteiger partial charge < -0.3 is 15.2 Å². The molecule has 0 saturated carbocycles. The van der Waals surface area contributed by atoms with Gasteiger partial charge in [-0.2, -0.15) is 9.64 Å². The number of aliphatic hydroxyl groups is 1. The number of rotatable bonds is 5. The highest BCUT2D eigenvalue weighted by atomic mass is 35.5. The van der Waals surface area contributed by atoms with Crippen LogP contribution in [-0.2, 0) is 0 Å². The number of aliphatic hydroxyl groups excluding tert-OH is 1. The summed E-state index contributed by atoms with van der Waals surface area (Å²) in [6.45, 7) is 0.263. The topological polar surface area (TPSA) is 78.2 Å². The molecule has 0 aliphatic rings. The Morgan fingerprint density at radius 1 is 1.50 bits per heavy atom. The molecule has 2 aromatic rings. The predicted molar refractivity (Wildman–Crippen MR) is 78.3 cm³/mol. The van der Waals surface area contributed by atoms with Crippen LogP contribution in [0.25, 0.3) is 0 Å². The van der Waals surface area contributed by atoms with E-state index in [0.29, 0.717) is 10.6 Å². The Kier molecular flexibility index (Phi) is 4.79. The molecule has 104 valence electrons. The first-order valence-corrected chi connectivity index (χ1v) is 6.92. The Morgan fingerprint density at radius 3 is 2.80 bits per heavy atom. The van der Waals surface area contributed by atoms with Crippen molar-refractivity contribution in [1.29, 1.82) is 5.26 Å². The molecule has 0 bridgehead atoms.